The number of ether oxygens (including phenoxy) is 3. The zero-order valence-corrected chi connectivity index (χ0v) is 28.9. The molecule has 2 heterocycles. The van der Waals surface area contributed by atoms with Crippen LogP contribution >= 0.6 is 35.6 Å². The molecule has 3 aromatic rings. The minimum absolute atomic E-state index is 0. The Morgan fingerprint density at radius 1 is 1.04 bits per heavy atom. The third-order valence-corrected chi connectivity index (χ3v) is 10.2. The first-order chi connectivity index (χ1) is 21.6. The van der Waals surface area contributed by atoms with Gasteiger partial charge in [-0.3, -0.25) is 9.59 Å². The maximum atomic E-state index is 13.5. The Kier molecular flexibility index (Phi) is 10.8. The molecule has 0 aromatic heterocycles. The van der Waals surface area contributed by atoms with E-state index in [0.717, 1.165) is 35.1 Å². The lowest BCUT2D eigenvalue weighted by Gasteiger charge is -2.38. The second-order valence-electron chi connectivity index (χ2n) is 13.0. The molecule has 1 N–H and O–H groups in total. The van der Waals surface area contributed by atoms with Gasteiger partial charge in [-0.25, -0.2) is 0 Å². The smallest absolute Gasteiger partial charge is 0.323 e. The summed E-state index contributed by atoms with van der Waals surface area (Å²) in [5.74, 6) is 2.39. The number of benzene rings is 3. The topological polar surface area (TPSA) is 77.1 Å². The largest absolute Gasteiger partial charge is 0.489 e. The summed E-state index contributed by atoms with van der Waals surface area (Å²) in [6, 6.07) is 16.3. The van der Waals surface area contributed by atoms with Gasteiger partial charge in [-0.2, -0.15) is 0 Å². The summed E-state index contributed by atoms with van der Waals surface area (Å²) in [7, 11) is 1.76. The number of anilines is 1. The van der Waals surface area contributed by atoms with Crippen LogP contribution in [0.3, 0.4) is 0 Å². The van der Waals surface area contributed by atoms with Crippen LogP contribution in [0.2, 0.25) is 10.0 Å². The van der Waals surface area contributed by atoms with Gasteiger partial charge in [-0.15, -0.1) is 12.4 Å². The standard InChI is InChI=1S/C36H40Cl2N2O5.ClH/c1-20(2)27-11-5-21(3)13-32(27)45-36(42)30-15-24-16-31-33(17-25(24)18-39-30)44-34(35(41)40(31)4)23-7-9-26(10-8-23)43-19-22-6-12-28(37)29(38)14-22;/h6-10,12,14,16-17,20-21,27,30,32,34,39H,5,11,13,15,18-19H2,1-4H3;1H/t21-,27+,30+,32-,34-;/m1./s1. The number of fused-ring (bicyclic) bond motifs is 2. The molecule has 1 aliphatic carbocycles. The highest BCUT2D eigenvalue weighted by molar-refractivity contribution is 6.42. The molecule has 3 aromatic carbocycles. The van der Waals surface area contributed by atoms with Crippen molar-refractivity contribution in [3.05, 3.63) is 86.9 Å². The van der Waals surface area contributed by atoms with Crippen LogP contribution in [0.4, 0.5) is 5.69 Å². The normalized spacial score (nSPS) is 23.9. The molecule has 1 saturated carbocycles. The van der Waals surface area contributed by atoms with Gasteiger partial charge >= 0.3 is 5.97 Å². The van der Waals surface area contributed by atoms with Crippen molar-refractivity contribution in [1.82, 2.24) is 5.32 Å². The molecule has 46 heavy (non-hydrogen) atoms. The Bertz CT molecular complexity index is 1580. The van der Waals surface area contributed by atoms with Crippen molar-refractivity contribution in [1.29, 1.82) is 0 Å². The van der Waals surface area contributed by atoms with Crippen molar-refractivity contribution in [2.75, 3.05) is 11.9 Å². The molecule has 0 unspecified atom stereocenters. The number of amides is 1. The lowest BCUT2D eigenvalue weighted by Crippen LogP contribution is -2.46. The first kappa shape index (κ1) is 34.4. The minimum Gasteiger partial charge on any atom is -0.489 e. The van der Waals surface area contributed by atoms with Crippen LogP contribution in [0.5, 0.6) is 11.5 Å². The summed E-state index contributed by atoms with van der Waals surface area (Å²) in [5.41, 5.74) is 4.41. The number of nitrogens with one attached hydrogen (secondary N) is 1. The van der Waals surface area contributed by atoms with E-state index in [0.29, 0.717) is 64.6 Å². The monoisotopic (exact) mass is 686 g/mol. The van der Waals surface area contributed by atoms with Gasteiger partial charge in [0.2, 0.25) is 6.10 Å². The van der Waals surface area contributed by atoms with E-state index in [-0.39, 0.29) is 30.4 Å². The van der Waals surface area contributed by atoms with Gasteiger partial charge in [0.05, 0.1) is 15.7 Å². The van der Waals surface area contributed by atoms with Gasteiger partial charge in [0, 0.05) is 19.2 Å². The molecule has 5 atom stereocenters. The van der Waals surface area contributed by atoms with Crippen LogP contribution in [0, 0.1) is 17.8 Å². The summed E-state index contributed by atoms with van der Waals surface area (Å²) < 4.78 is 18.4. The maximum absolute atomic E-state index is 13.5. The molecule has 10 heteroatoms. The van der Waals surface area contributed by atoms with E-state index < -0.39 is 12.1 Å². The predicted molar refractivity (Wildman–Crippen MR) is 183 cm³/mol. The Labute approximate surface area is 287 Å². The van der Waals surface area contributed by atoms with Crippen molar-refractivity contribution in [3.8, 4) is 11.5 Å². The van der Waals surface area contributed by atoms with Crippen molar-refractivity contribution < 1.29 is 23.8 Å². The molecule has 6 rings (SSSR count). The fourth-order valence-electron chi connectivity index (χ4n) is 6.76. The lowest BCUT2D eigenvalue weighted by molar-refractivity contribution is -0.158. The minimum atomic E-state index is -0.782. The van der Waals surface area contributed by atoms with Gasteiger partial charge in [0.25, 0.3) is 5.91 Å². The average molecular weight is 688 g/mol. The number of carbonyl (C=O) groups excluding carboxylic acids is 2. The van der Waals surface area contributed by atoms with Gasteiger partial charge in [0.1, 0.15) is 30.3 Å². The van der Waals surface area contributed by atoms with E-state index in [2.05, 4.69) is 26.1 Å². The molecule has 7 nitrogen and oxygen atoms in total. The van der Waals surface area contributed by atoms with E-state index >= 15 is 0 Å². The Morgan fingerprint density at radius 2 is 1.80 bits per heavy atom. The predicted octanol–water partition coefficient (Wildman–Crippen LogP) is 8.11. The van der Waals surface area contributed by atoms with Crippen molar-refractivity contribution >= 4 is 53.2 Å². The van der Waals surface area contributed by atoms with E-state index in [9.17, 15) is 9.59 Å². The highest BCUT2D eigenvalue weighted by Gasteiger charge is 2.38. The molecule has 2 aliphatic heterocycles. The molecule has 0 radical (unpaired) electrons. The number of carbonyl (C=O) groups is 2. The first-order valence-corrected chi connectivity index (χ1v) is 16.5. The second kappa shape index (κ2) is 14.4. The highest BCUT2D eigenvalue weighted by Crippen LogP contribution is 2.42. The van der Waals surface area contributed by atoms with Crippen LogP contribution in [0.1, 0.15) is 68.4 Å². The molecular weight excluding hydrogens is 647 g/mol. The summed E-state index contributed by atoms with van der Waals surface area (Å²) in [6.07, 6.45) is 2.90. The zero-order valence-electron chi connectivity index (χ0n) is 26.6. The number of rotatable bonds is 7. The van der Waals surface area contributed by atoms with Crippen LogP contribution in [-0.2, 0) is 33.9 Å². The van der Waals surface area contributed by atoms with E-state index in [1.54, 1.807) is 24.1 Å². The van der Waals surface area contributed by atoms with Crippen molar-refractivity contribution in [2.24, 2.45) is 17.8 Å². The zero-order chi connectivity index (χ0) is 31.8. The summed E-state index contributed by atoms with van der Waals surface area (Å²) in [5, 5.41) is 4.37. The number of esters is 1. The molecule has 0 saturated heterocycles. The van der Waals surface area contributed by atoms with E-state index in [4.69, 9.17) is 37.4 Å². The van der Waals surface area contributed by atoms with Gasteiger partial charge in [-0.1, -0.05) is 68.6 Å². The van der Waals surface area contributed by atoms with Gasteiger partial charge in [0.15, 0.2) is 0 Å². The molecular formula is C36H41Cl3N2O5. The van der Waals surface area contributed by atoms with Crippen LogP contribution in [0.25, 0.3) is 0 Å². The highest BCUT2D eigenvalue weighted by atomic mass is 35.5. The fourth-order valence-corrected chi connectivity index (χ4v) is 7.08. The SMILES string of the molecule is CC(C)[C@@H]1CC[C@@H](C)C[C@H]1OC(=O)[C@@H]1Cc2cc3c(cc2CN1)O[C@H](c1ccc(OCc2ccc(Cl)c(Cl)c2)cc1)C(=O)N3C.Cl. The maximum Gasteiger partial charge on any atom is 0.323 e. The van der Waals surface area contributed by atoms with E-state index in [1.807, 2.05) is 42.5 Å². The second-order valence-corrected chi connectivity index (χ2v) is 13.8. The number of likely N-dealkylation sites (N-methyl/N-ethyl adjacent to an activating group) is 1. The Balaban J connectivity index is 0.00000417. The fraction of sp³-hybridized carbons (Fsp3) is 0.444. The molecule has 0 bridgehead atoms. The number of hydrogen-bond acceptors (Lipinski definition) is 6. The van der Waals surface area contributed by atoms with Gasteiger partial charge < -0.3 is 24.4 Å². The first-order valence-electron chi connectivity index (χ1n) is 15.8. The number of halogens is 3. The third-order valence-electron chi connectivity index (χ3n) is 9.49. The van der Waals surface area contributed by atoms with Crippen LogP contribution in [0.15, 0.2) is 54.6 Å². The molecule has 0 spiro atoms. The summed E-state index contributed by atoms with van der Waals surface area (Å²) in [6.45, 7) is 7.53. The van der Waals surface area contributed by atoms with Crippen molar-refractivity contribution in [2.45, 2.75) is 77.9 Å². The molecule has 1 amide bonds. The quantitative estimate of drug-likeness (QED) is 0.253. The summed E-state index contributed by atoms with van der Waals surface area (Å²) in [4.78, 5) is 28.4. The van der Waals surface area contributed by atoms with E-state index in [1.165, 1.54) is 6.42 Å². The molecule has 1 fully saturated rings. The number of nitrogens with zero attached hydrogens (tertiary/aromatic N) is 1. The van der Waals surface area contributed by atoms with Crippen LogP contribution in [-0.4, -0.2) is 31.1 Å². The molecule has 246 valence electrons. The third kappa shape index (κ3) is 7.28. The van der Waals surface area contributed by atoms with Gasteiger partial charge in [-0.05, 0) is 90.1 Å². The molecule has 3 aliphatic rings. The van der Waals surface area contributed by atoms with Crippen molar-refractivity contribution in [3.63, 3.8) is 0 Å². The Morgan fingerprint density at radius 3 is 2.52 bits per heavy atom. The lowest BCUT2D eigenvalue weighted by atomic mass is 9.75. The average Bonchev–Trinajstić information content (AvgIpc) is 3.02. The summed E-state index contributed by atoms with van der Waals surface area (Å²) >= 11 is 12.1. The van der Waals surface area contributed by atoms with Crippen LogP contribution < -0.4 is 19.7 Å². The number of hydrogen-bond donors (Lipinski definition) is 1. The Hall–Kier alpha value is -2.97.